The molecule has 0 spiro atoms. The van der Waals surface area contributed by atoms with Gasteiger partial charge in [-0.1, -0.05) is 383 Å². The van der Waals surface area contributed by atoms with Crippen molar-refractivity contribution in [2.75, 3.05) is 19.8 Å². The van der Waals surface area contributed by atoms with Crippen LogP contribution in [0.1, 0.15) is 418 Å². The molecular formula is C87H161NO10. The second-order valence-corrected chi connectivity index (χ2v) is 29.5. The summed E-state index contributed by atoms with van der Waals surface area (Å²) in [5, 5.41) is 54.5. The van der Waals surface area contributed by atoms with Crippen LogP contribution in [0.5, 0.6) is 0 Å². The predicted molar refractivity (Wildman–Crippen MR) is 417 cm³/mol. The third kappa shape index (κ3) is 63.1. The van der Waals surface area contributed by atoms with E-state index in [4.69, 9.17) is 14.2 Å². The van der Waals surface area contributed by atoms with Crippen LogP contribution in [-0.4, -0.2) is 100 Å². The molecule has 98 heavy (non-hydrogen) atoms. The lowest BCUT2D eigenvalue weighted by Crippen LogP contribution is -2.60. The van der Waals surface area contributed by atoms with Gasteiger partial charge in [-0.15, -0.1) is 0 Å². The standard InChI is InChI=1S/C87H161NO10/c1-3-5-7-9-11-13-15-17-18-19-41-45-48-51-55-59-63-67-71-75-83(92)96-76-72-68-64-60-56-52-49-46-43-40-38-36-34-32-30-28-26-24-22-20-21-23-25-27-29-31-33-35-37-39-42-44-47-50-54-58-62-66-70-74-82(91)88-79(78-97-87-86(95)85(94)84(93)81(77-89)98-87)80(90)73-69-65-61-57-53-16-14-12-10-8-6-4-2/h10,12,20-21,24,26,53,57,69,73,79-81,84-87,89-90,93-95H,3-9,11,13-19,22-23,25,27-52,54-56,58-68,70-72,74-78H2,1-2H3,(H,88,91)/b12-10+,21-20-,26-24-,57-53+,73-69+. The van der Waals surface area contributed by atoms with Crippen molar-refractivity contribution >= 4 is 11.9 Å². The average Bonchev–Trinajstić information content (AvgIpc) is 0.824. The van der Waals surface area contributed by atoms with Crippen LogP contribution in [-0.2, 0) is 23.8 Å². The maximum absolute atomic E-state index is 13.1. The van der Waals surface area contributed by atoms with Crippen molar-refractivity contribution in [2.45, 2.75) is 461 Å². The number of aliphatic hydroxyl groups is 5. The van der Waals surface area contributed by atoms with E-state index < -0.39 is 49.5 Å². The van der Waals surface area contributed by atoms with Crippen LogP contribution >= 0.6 is 0 Å². The molecule has 574 valence electrons. The Morgan fingerprint density at radius 3 is 1.10 bits per heavy atom. The van der Waals surface area contributed by atoms with Gasteiger partial charge in [-0.05, 0) is 83.5 Å². The number of allylic oxidation sites excluding steroid dienone is 9. The van der Waals surface area contributed by atoms with Gasteiger partial charge in [-0.3, -0.25) is 9.59 Å². The molecule has 11 heteroatoms. The topological polar surface area (TPSA) is 175 Å². The predicted octanol–water partition coefficient (Wildman–Crippen LogP) is 23.6. The lowest BCUT2D eigenvalue weighted by Gasteiger charge is -2.40. The van der Waals surface area contributed by atoms with Gasteiger partial charge in [-0.25, -0.2) is 0 Å². The zero-order valence-electron chi connectivity index (χ0n) is 64.3. The smallest absolute Gasteiger partial charge is 0.305 e. The van der Waals surface area contributed by atoms with Crippen molar-refractivity contribution < 1.29 is 49.3 Å². The summed E-state index contributed by atoms with van der Waals surface area (Å²) in [6, 6.07) is -0.833. The monoisotopic (exact) mass is 1380 g/mol. The minimum Gasteiger partial charge on any atom is -0.466 e. The highest BCUT2D eigenvalue weighted by Crippen LogP contribution is 2.24. The Morgan fingerprint density at radius 2 is 0.704 bits per heavy atom. The van der Waals surface area contributed by atoms with E-state index in [2.05, 4.69) is 67.8 Å². The number of rotatable bonds is 76. The summed E-state index contributed by atoms with van der Waals surface area (Å²) < 4.78 is 16.8. The average molecular weight is 1380 g/mol. The number of ether oxygens (including phenoxy) is 3. The summed E-state index contributed by atoms with van der Waals surface area (Å²) in [6.45, 7) is 4.33. The van der Waals surface area contributed by atoms with E-state index in [1.807, 2.05) is 6.08 Å². The van der Waals surface area contributed by atoms with Crippen LogP contribution in [0.3, 0.4) is 0 Å². The molecule has 6 N–H and O–H groups in total. The molecule has 0 saturated carbocycles. The number of carbonyl (C=O) groups is 2. The zero-order valence-corrected chi connectivity index (χ0v) is 64.3. The highest BCUT2D eigenvalue weighted by Gasteiger charge is 2.44. The van der Waals surface area contributed by atoms with E-state index in [9.17, 15) is 35.1 Å². The van der Waals surface area contributed by atoms with Crippen molar-refractivity contribution in [1.82, 2.24) is 5.32 Å². The molecule has 7 atom stereocenters. The minimum absolute atomic E-state index is 0.0197. The van der Waals surface area contributed by atoms with Gasteiger partial charge in [-0.2, -0.15) is 0 Å². The Balaban J connectivity index is 1.87. The SMILES string of the molecule is CCCC/C=C/CC/C=C/CC/C=C/C(O)C(COC1OC(CO)C(O)C(O)C1O)NC(=O)CCCCCCCCCCCCCCCCCCC/C=C\C/C=C\CCCCCCCCCCCCCCCCCOC(=O)CCCCCCCCCCCCCCCCCCCCC. The second-order valence-electron chi connectivity index (χ2n) is 29.5. The molecule has 7 unspecified atom stereocenters. The molecule has 0 aromatic heterocycles. The fourth-order valence-corrected chi connectivity index (χ4v) is 13.4. The number of hydrogen-bond donors (Lipinski definition) is 6. The zero-order chi connectivity index (χ0) is 70.8. The van der Waals surface area contributed by atoms with E-state index in [1.54, 1.807) is 6.08 Å². The number of nitrogens with one attached hydrogen (secondary N) is 1. The van der Waals surface area contributed by atoms with E-state index in [0.29, 0.717) is 19.4 Å². The first-order valence-corrected chi connectivity index (χ1v) is 42.6. The molecule has 11 nitrogen and oxygen atoms in total. The highest BCUT2D eigenvalue weighted by atomic mass is 16.7. The summed E-state index contributed by atoms with van der Waals surface area (Å²) in [5.41, 5.74) is 0. The lowest BCUT2D eigenvalue weighted by atomic mass is 9.99. The van der Waals surface area contributed by atoms with E-state index >= 15 is 0 Å². The fraction of sp³-hybridized carbons (Fsp3) is 0.862. The number of aliphatic hydroxyl groups excluding tert-OH is 5. The van der Waals surface area contributed by atoms with Crippen molar-refractivity contribution in [3.8, 4) is 0 Å². The molecule has 0 aromatic carbocycles. The first-order valence-electron chi connectivity index (χ1n) is 42.6. The van der Waals surface area contributed by atoms with Crippen molar-refractivity contribution in [3.63, 3.8) is 0 Å². The van der Waals surface area contributed by atoms with Gasteiger partial charge in [0.15, 0.2) is 6.29 Å². The summed E-state index contributed by atoms with van der Waals surface area (Å²) in [7, 11) is 0. The molecule has 1 rings (SSSR count). The van der Waals surface area contributed by atoms with E-state index in [-0.39, 0.29) is 18.5 Å². The highest BCUT2D eigenvalue weighted by molar-refractivity contribution is 5.76. The Labute approximate surface area is 605 Å². The van der Waals surface area contributed by atoms with Crippen LogP contribution in [0.4, 0.5) is 0 Å². The lowest BCUT2D eigenvalue weighted by molar-refractivity contribution is -0.302. The van der Waals surface area contributed by atoms with Crippen molar-refractivity contribution in [2.24, 2.45) is 0 Å². The quantitative estimate of drug-likeness (QED) is 0.0195. The third-order valence-electron chi connectivity index (χ3n) is 20.1. The maximum atomic E-state index is 13.1. The van der Waals surface area contributed by atoms with Gasteiger partial charge in [0.2, 0.25) is 5.91 Å². The summed E-state index contributed by atoms with van der Waals surface area (Å²) in [5.74, 6) is -0.173. The van der Waals surface area contributed by atoms with Crippen molar-refractivity contribution in [3.05, 3.63) is 60.8 Å². The Bertz CT molecular complexity index is 1820. The van der Waals surface area contributed by atoms with Gasteiger partial charge >= 0.3 is 5.97 Å². The van der Waals surface area contributed by atoms with Crippen molar-refractivity contribution in [1.29, 1.82) is 0 Å². The fourth-order valence-electron chi connectivity index (χ4n) is 13.4. The van der Waals surface area contributed by atoms with Crippen LogP contribution in [0, 0.1) is 0 Å². The molecule has 1 aliphatic rings. The molecular weight excluding hydrogens is 1220 g/mol. The molecule has 0 radical (unpaired) electrons. The van der Waals surface area contributed by atoms with Crippen LogP contribution in [0.25, 0.3) is 0 Å². The molecule has 1 amide bonds. The largest absolute Gasteiger partial charge is 0.466 e. The Hall–Kier alpha value is -2.64. The molecule has 0 aromatic rings. The van der Waals surface area contributed by atoms with Crippen LogP contribution in [0.2, 0.25) is 0 Å². The van der Waals surface area contributed by atoms with Gasteiger partial charge in [0.05, 0.1) is 32.0 Å². The number of amides is 1. The molecule has 1 fully saturated rings. The van der Waals surface area contributed by atoms with E-state index in [0.717, 1.165) is 70.6 Å². The Morgan fingerprint density at radius 1 is 0.378 bits per heavy atom. The molecule has 1 aliphatic heterocycles. The number of esters is 1. The van der Waals surface area contributed by atoms with Crippen LogP contribution < -0.4 is 5.32 Å². The van der Waals surface area contributed by atoms with Gasteiger partial charge in [0.25, 0.3) is 0 Å². The van der Waals surface area contributed by atoms with Crippen LogP contribution in [0.15, 0.2) is 60.8 Å². The second kappa shape index (κ2) is 75.5. The third-order valence-corrected chi connectivity index (χ3v) is 20.1. The molecule has 1 heterocycles. The van der Waals surface area contributed by atoms with E-state index in [1.165, 1.54) is 321 Å². The normalized spacial score (nSPS) is 17.5. The molecule has 0 aliphatic carbocycles. The molecule has 0 bridgehead atoms. The summed E-state index contributed by atoms with van der Waals surface area (Å²) in [6.07, 6.45) is 92.9. The summed E-state index contributed by atoms with van der Waals surface area (Å²) in [4.78, 5) is 25.2. The maximum Gasteiger partial charge on any atom is 0.305 e. The summed E-state index contributed by atoms with van der Waals surface area (Å²) >= 11 is 0. The van der Waals surface area contributed by atoms with Gasteiger partial charge in [0.1, 0.15) is 24.4 Å². The minimum atomic E-state index is -1.58. The first kappa shape index (κ1) is 93.4. The number of carbonyl (C=O) groups excluding carboxylic acids is 2. The van der Waals surface area contributed by atoms with Gasteiger partial charge < -0.3 is 45.1 Å². The first-order chi connectivity index (χ1) is 48.2. The molecule has 1 saturated heterocycles. The number of hydrogen-bond acceptors (Lipinski definition) is 10. The van der Waals surface area contributed by atoms with Gasteiger partial charge in [0, 0.05) is 12.8 Å². The number of unbranched alkanes of at least 4 members (excludes halogenated alkanes) is 54. The Kier molecular flexibility index (Phi) is 71.9.